The molecule has 2 aromatic rings. The van der Waals surface area contributed by atoms with Gasteiger partial charge in [-0.05, 0) is 39.8 Å². The Kier molecular flexibility index (Phi) is 5.03. The van der Waals surface area contributed by atoms with Gasteiger partial charge in [-0.25, -0.2) is 4.98 Å². The van der Waals surface area contributed by atoms with E-state index in [1.54, 1.807) is 6.20 Å². The zero-order valence-electron chi connectivity index (χ0n) is 15.1. The van der Waals surface area contributed by atoms with Gasteiger partial charge in [0.2, 0.25) is 5.91 Å². The fourth-order valence-corrected chi connectivity index (χ4v) is 3.13. The number of anilines is 2. The number of hydrogen-bond acceptors (Lipinski definition) is 6. The quantitative estimate of drug-likeness (QED) is 0.918. The number of ether oxygens (including phenoxy) is 1. The number of pyridine rings is 1. The van der Waals surface area contributed by atoms with Crippen LogP contribution >= 0.6 is 0 Å². The number of carbonyl (C=O) groups is 1. The summed E-state index contributed by atoms with van der Waals surface area (Å²) < 4.78 is 10.8. The molecule has 0 radical (unpaired) electrons. The summed E-state index contributed by atoms with van der Waals surface area (Å²) in [4.78, 5) is 18.9. The Morgan fingerprint density at radius 2 is 2.00 bits per heavy atom. The molecule has 0 saturated carbocycles. The third-order valence-electron chi connectivity index (χ3n) is 4.29. The first-order valence-electron chi connectivity index (χ1n) is 8.50. The summed E-state index contributed by atoms with van der Waals surface area (Å²) >= 11 is 0. The Morgan fingerprint density at radius 1 is 1.28 bits per heavy atom. The molecule has 0 unspecified atom stereocenters. The van der Waals surface area contributed by atoms with Crippen molar-refractivity contribution in [2.75, 3.05) is 23.3 Å². The molecule has 134 valence electrons. The van der Waals surface area contributed by atoms with Crippen molar-refractivity contribution in [3.8, 4) is 0 Å². The van der Waals surface area contributed by atoms with Crippen LogP contribution in [0.15, 0.2) is 22.9 Å². The molecule has 2 atom stereocenters. The highest BCUT2D eigenvalue weighted by molar-refractivity contribution is 5.92. The van der Waals surface area contributed by atoms with E-state index in [1.165, 1.54) is 0 Å². The first-order chi connectivity index (χ1) is 11.9. The summed E-state index contributed by atoms with van der Waals surface area (Å²) in [5.41, 5.74) is 2.25. The minimum Gasteiger partial charge on any atom is -0.372 e. The van der Waals surface area contributed by atoms with Crippen LogP contribution in [0.3, 0.4) is 0 Å². The van der Waals surface area contributed by atoms with Crippen LogP contribution in [0, 0.1) is 13.8 Å². The van der Waals surface area contributed by atoms with Gasteiger partial charge in [0.25, 0.3) is 0 Å². The predicted molar refractivity (Wildman–Crippen MR) is 94.8 cm³/mol. The Balaban J connectivity index is 1.61. The highest BCUT2D eigenvalue weighted by Crippen LogP contribution is 2.20. The topological polar surface area (TPSA) is 80.5 Å². The SMILES string of the molecule is Cc1noc(C)c1CC(=O)Nc1ccc(N2C[C@@H](C)O[C@@H](C)C2)nc1. The smallest absolute Gasteiger partial charge is 0.229 e. The van der Waals surface area contributed by atoms with Gasteiger partial charge in [-0.15, -0.1) is 0 Å². The van der Waals surface area contributed by atoms with Crippen LogP contribution in [0.4, 0.5) is 11.5 Å². The maximum Gasteiger partial charge on any atom is 0.229 e. The first-order valence-corrected chi connectivity index (χ1v) is 8.50. The van der Waals surface area contributed by atoms with E-state index in [4.69, 9.17) is 9.26 Å². The van der Waals surface area contributed by atoms with E-state index in [0.717, 1.165) is 30.2 Å². The molecule has 0 aromatic carbocycles. The average molecular weight is 344 g/mol. The molecule has 1 saturated heterocycles. The van der Waals surface area contributed by atoms with Gasteiger partial charge in [0.15, 0.2) is 0 Å². The van der Waals surface area contributed by atoms with Crippen LogP contribution in [0.1, 0.15) is 30.9 Å². The number of aromatic nitrogens is 2. The van der Waals surface area contributed by atoms with Crippen LogP contribution in [0.5, 0.6) is 0 Å². The molecule has 1 fully saturated rings. The number of morpholine rings is 1. The normalized spacial score (nSPS) is 20.6. The van der Waals surface area contributed by atoms with Gasteiger partial charge in [-0.3, -0.25) is 4.79 Å². The molecule has 0 spiro atoms. The van der Waals surface area contributed by atoms with Crippen molar-refractivity contribution < 1.29 is 14.1 Å². The Hall–Kier alpha value is -2.41. The van der Waals surface area contributed by atoms with Crippen molar-refractivity contribution in [1.29, 1.82) is 0 Å². The lowest BCUT2D eigenvalue weighted by Crippen LogP contribution is -2.45. The molecule has 7 nitrogen and oxygen atoms in total. The lowest BCUT2D eigenvalue weighted by atomic mass is 10.1. The molecular formula is C18H24N4O3. The third-order valence-corrected chi connectivity index (χ3v) is 4.29. The van der Waals surface area contributed by atoms with Crippen molar-refractivity contribution >= 4 is 17.4 Å². The highest BCUT2D eigenvalue weighted by Gasteiger charge is 2.23. The molecule has 3 heterocycles. The van der Waals surface area contributed by atoms with Crippen molar-refractivity contribution in [1.82, 2.24) is 10.1 Å². The maximum absolute atomic E-state index is 12.2. The fourth-order valence-electron chi connectivity index (χ4n) is 3.13. The minimum absolute atomic E-state index is 0.113. The number of amides is 1. The second kappa shape index (κ2) is 7.23. The fraction of sp³-hybridized carbons (Fsp3) is 0.500. The van der Waals surface area contributed by atoms with Gasteiger partial charge < -0.3 is 19.5 Å². The molecule has 1 aliphatic rings. The van der Waals surface area contributed by atoms with E-state index in [1.807, 2.05) is 26.0 Å². The first kappa shape index (κ1) is 17.4. The lowest BCUT2D eigenvalue weighted by Gasteiger charge is -2.36. The Bertz CT molecular complexity index is 712. The summed E-state index contributed by atoms with van der Waals surface area (Å²) in [6.07, 6.45) is 2.28. The van der Waals surface area contributed by atoms with Crippen LogP contribution in [-0.2, 0) is 16.0 Å². The van der Waals surface area contributed by atoms with E-state index in [-0.39, 0.29) is 24.5 Å². The molecule has 25 heavy (non-hydrogen) atoms. The van der Waals surface area contributed by atoms with E-state index in [0.29, 0.717) is 11.4 Å². The van der Waals surface area contributed by atoms with Crippen molar-refractivity contribution in [3.63, 3.8) is 0 Å². The number of carbonyl (C=O) groups excluding carboxylic acids is 1. The van der Waals surface area contributed by atoms with Gasteiger partial charge >= 0.3 is 0 Å². The van der Waals surface area contributed by atoms with Gasteiger partial charge in [-0.2, -0.15) is 0 Å². The molecule has 1 aliphatic heterocycles. The van der Waals surface area contributed by atoms with Crippen LogP contribution in [0.25, 0.3) is 0 Å². The van der Waals surface area contributed by atoms with Crippen LogP contribution in [0.2, 0.25) is 0 Å². The van der Waals surface area contributed by atoms with Crippen LogP contribution < -0.4 is 10.2 Å². The molecule has 3 rings (SSSR count). The Morgan fingerprint density at radius 3 is 2.56 bits per heavy atom. The van der Waals surface area contributed by atoms with Gasteiger partial charge in [0.1, 0.15) is 11.6 Å². The lowest BCUT2D eigenvalue weighted by molar-refractivity contribution is -0.115. The van der Waals surface area contributed by atoms with Crippen molar-refractivity contribution in [2.45, 2.75) is 46.3 Å². The number of nitrogens with one attached hydrogen (secondary N) is 1. The van der Waals surface area contributed by atoms with Crippen molar-refractivity contribution in [2.24, 2.45) is 0 Å². The highest BCUT2D eigenvalue weighted by atomic mass is 16.5. The second-order valence-electron chi connectivity index (χ2n) is 6.60. The number of hydrogen-bond donors (Lipinski definition) is 1. The van der Waals surface area contributed by atoms with Crippen molar-refractivity contribution in [3.05, 3.63) is 35.3 Å². The second-order valence-corrected chi connectivity index (χ2v) is 6.60. The summed E-state index contributed by atoms with van der Waals surface area (Å²) in [6, 6.07) is 3.80. The molecule has 1 N–H and O–H groups in total. The summed E-state index contributed by atoms with van der Waals surface area (Å²) in [5.74, 6) is 1.46. The molecular weight excluding hydrogens is 320 g/mol. The van der Waals surface area contributed by atoms with E-state index in [2.05, 4.69) is 34.2 Å². The molecule has 7 heteroatoms. The molecule has 1 amide bonds. The largest absolute Gasteiger partial charge is 0.372 e. The van der Waals surface area contributed by atoms with E-state index >= 15 is 0 Å². The number of rotatable bonds is 4. The van der Waals surface area contributed by atoms with Gasteiger partial charge in [0.05, 0.1) is 36.2 Å². The zero-order valence-corrected chi connectivity index (χ0v) is 15.1. The summed E-state index contributed by atoms with van der Waals surface area (Å²) in [7, 11) is 0. The minimum atomic E-state index is -0.113. The Labute approximate surface area is 147 Å². The van der Waals surface area contributed by atoms with Gasteiger partial charge in [-0.1, -0.05) is 5.16 Å². The van der Waals surface area contributed by atoms with Gasteiger partial charge in [0, 0.05) is 18.7 Å². The monoisotopic (exact) mass is 344 g/mol. The summed E-state index contributed by atoms with van der Waals surface area (Å²) in [5, 5.41) is 6.74. The predicted octanol–water partition coefficient (Wildman–Crippen LogP) is 2.48. The molecule has 2 aromatic heterocycles. The molecule has 0 bridgehead atoms. The van der Waals surface area contributed by atoms with E-state index < -0.39 is 0 Å². The third kappa shape index (κ3) is 4.17. The summed E-state index contributed by atoms with van der Waals surface area (Å²) in [6.45, 7) is 9.39. The standard InChI is InChI=1S/C18H24N4O3/c1-11-9-22(10-12(2)24-11)17-6-5-15(8-19-17)20-18(23)7-16-13(3)21-25-14(16)4/h5-6,8,11-12H,7,9-10H2,1-4H3,(H,20,23)/t11-,12+. The van der Waals surface area contributed by atoms with Crippen LogP contribution in [-0.4, -0.2) is 41.3 Å². The zero-order chi connectivity index (χ0) is 18.0. The average Bonchev–Trinajstić information content (AvgIpc) is 2.86. The van der Waals surface area contributed by atoms with E-state index in [9.17, 15) is 4.79 Å². The molecule has 0 aliphatic carbocycles. The maximum atomic E-state index is 12.2. The number of nitrogens with zero attached hydrogens (tertiary/aromatic N) is 3. The number of aryl methyl sites for hydroxylation is 2.